The topological polar surface area (TPSA) is 60.7 Å². The molecule has 21 heavy (non-hydrogen) atoms. The Morgan fingerprint density at radius 1 is 0.810 bits per heavy atom. The Kier molecular flexibility index (Phi) is 2.74. The van der Waals surface area contributed by atoms with E-state index in [1.807, 2.05) is 18.2 Å². The summed E-state index contributed by atoms with van der Waals surface area (Å²) in [6.07, 6.45) is 0.878. The summed E-state index contributed by atoms with van der Waals surface area (Å²) in [6, 6.07) is 10.5. The molecule has 1 unspecified atom stereocenters. The SMILES string of the molecule is CC1(C)CC(C)(c2ccc(O)c(O)c2)c2cc(O)ccc21. The van der Waals surface area contributed by atoms with Crippen LogP contribution >= 0.6 is 0 Å². The molecule has 0 spiro atoms. The number of phenols is 3. The maximum absolute atomic E-state index is 9.86. The van der Waals surface area contributed by atoms with Crippen molar-refractivity contribution in [2.75, 3.05) is 0 Å². The highest BCUT2D eigenvalue weighted by Gasteiger charge is 2.46. The smallest absolute Gasteiger partial charge is 0.157 e. The third-order valence-electron chi connectivity index (χ3n) is 4.73. The van der Waals surface area contributed by atoms with Crippen molar-refractivity contribution >= 4 is 0 Å². The van der Waals surface area contributed by atoms with Gasteiger partial charge in [0.05, 0.1) is 0 Å². The van der Waals surface area contributed by atoms with Crippen LogP contribution in [-0.4, -0.2) is 15.3 Å². The molecule has 1 atom stereocenters. The van der Waals surface area contributed by atoms with Crippen molar-refractivity contribution in [3.63, 3.8) is 0 Å². The number of hydrogen-bond donors (Lipinski definition) is 3. The van der Waals surface area contributed by atoms with Gasteiger partial charge < -0.3 is 15.3 Å². The number of fused-ring (bicyclic) bond motifs is 1. The van der Waals surface area contributed by atoms with Crippen LogP contribution in [0.1, 0.15) is 43.9 Å². The second-order valence-corrected chi connectivity index (χ2v) is 6.83. The molecule has 0 fully saturated rings. The lowest BCUT2D eigenvalue weighted by atomic mass is 9.75. The van der Waals surface area contributed by atoms with E-state index < -0.39 is 0 Å². The first-order valence-corrected chi connectivity index (χ1v) is 7.10. The number of benzene rings is 2. The van der Waals surface area contributed by atoms with Crippen LogP contribution in [0.3, 0.4) is 0 Å². The fourth-order valence-electron chi connectivity index (χ4n) is 3.78. The number of phenolic OH excluding ortho intramolecular Hbond substituents is 3. The summed E-state index contributed by atoms with van der Waals surface area (Å²) in [5.41, 5.74) is 2.93. The molecule has 0 saturated carbocycles. The summed E-state index contributed by atoms with van der Waals surface area (Å²) in [7, 11) is 0. The molecule has 0 radical (unpaired) electrons. The predicted molar refractivity (Wildman–Crippen MR) is 82.0 cm³/mol. The first kappa shape index (κ1) is 13.8. The van der Waals surface area contributed by atoms with Crippen LogP contribution in [0.25, 0.3) is 0 Å². The van der Waals surface area contributed by atoms with Crippen molar-refractivity contribution in [1.29, 1.82) is 0 Å². The molecule has 0 heterocycles. The lowest BCUT2D eigenvalue weighted by Crippen LogP contribution is -2.23. The number of hydrogen-bond acceptors (Lipinski definition) is 3. The van der Waals surface area contributed by atoms with Crippen LogP contribution in [0.2, 0.25) is 0 Å². The third-order valence-corrected chi connectivity index (χ3v) is 4.73. The lowest BCUT2D eigenvalue weighted by Gasteiger charge is -2.28. The molecule has 0 aromatic heterocycles. The highest BCUT2D eigenvalue weighted by molar-refractivity contribution is 5.55. The zero-order valence-electron chi connectivity index (χ0n) is 12.5. The van der Waals surface area contributed by atoms with Crippen LogP contribution in [0.4, 0.5) is 0 Å². The molecule has 2 aromatic carbocycles. The lowest BCUT2D eigenvalue weighted by molar-refractivity contribution is 0.396. The van der Waals surface area contributed by atoms with Gasteiger partial charge in [-0.25, -0.2) is 0 Å². The van der Waals surface area contributed by atoms with Crippen LogP contribution < -0.4 is 0 Å². The Balaban J connectivity index is 2.23. The van der Waals surface area contributed by atoms with Gasteiger partial charge in [-0.3, -0.25) is 0 Å². The van der Waals surface area contributed by atoms with E-state index in [-0.39, 0.29) is 28.1 Å². The fourth-order valence-corrected chi connectivity index (χ4v) is 3.78. The monoisotopic (exact) mass is 284 g/mol. The average molecular weight is 284 g/mol. The van der Waals surface area contributed by atoms with Crippen LogP contribution in [0.5, 0.6) is 17.2 Å². The van der Waals surface area contributed by atoms with E-state index in [0.29, 0.717) is 0 Å². The van der Waals surface area contributed by atoms with Crippen molar-refractivity contribution < 1.29 is 15.3 Å². The van der Waals surface area contributed by atoms with E-state index in [1.54, 1.807) is 12.1 Å². The highest BCUT2D eigenvalue weighted by Crippen LogP contribution is 2.54. The Bertz CT molecular complexity index is 718. The van der Waals surface area contributed by atoms with Gasteiger partial charge in [0.15, 0.2) is 11.5 Å². The van der Waals surface area contributed by atoms with Gasteiger partial charge in [-0.1, -0.05) is 32.9 Å². The minimum absolute atomic E-state index is 0.00864. The summed E-state index contributed by atoms with van der Waals surface area (Å²) in [5.74, 6) is 0.0246. The molecule has 0 amide bonds. The summed E-state index contributed by atoms with van der Waals surface area (Å²) in [4.78, 5) is 0. The maximum Gasteiger partial charge on any atom is 0.157 e. The molecule has 1 aliphatic carbocycles. The standard InChI is InChI=1S/C18H20O3/c1-17(2)10-18(3,11-4-7-15(20)16(21)8-11)14-9-12(19)5-6-13(14)17/h4-9,19-21H,10H2,1-3H3. The Hall–Kier alpha value is -2.16. The molecular weight excluding hydrogens is 264 g/mol. The van der Waals surface area contributed by atoms with Crippen LogP contribution in [0.15, 0.2) is 36.4 Å². The Morgan fingerprint density at radius 3 is 2.19 bits per heavy atom. The van der Waals surface area contributed by atoms with Gasteiger partial charge in [0.2, 0.25) is 0 Å². The van der Waals surface area contributed by atoms with E-state index in [1.165, 1.54) is 11.6 Å². The minimum atomic E-state index is -0.303. The maximum atomic E-state index is 9.86. The Labute approximate surface area is 124 Å². The van der Waals surface area contributed by atoms with Gasteiger partial charge in [0, 0.05) is 5.41 Å². The fraction of sp³-hybridized carbons (Fsp3) is 0.333. The van der Waals surface area contributed by atoms with E-state index in [4.69, 9.17) is 0 Å². The van der Waals surface area contributed by atoms with E-state index in [9.17, 15) is 15.3 Å². The van der Waals surface area contributed by atoms with E-state index in [0.717, 1.165) is 17.5 Å². The van der Waals surface area contributed by atoms with E-state index >= 15 is 0 Å². The predicted octanol–water partition coefficient (Wildman–Crippen LogP) is 3.79. The molecule has 0 saturated heterocycles. The molecule has 0 bridgehead atoms. The molecule has 3 N–H and O–H groups in total. The van der Waals surface area contributed by atoms with Crippen molar-refractivity contribution in [2.24, 2.45) is 0 Å². The first-order valence-electron chi connectivity index (χ1n) is 7.10. The summed E-state index contributed by atoms with van der Waals surface area (Å²) < 4.78 is 0. The van der Waals surface area contributed by atoms with Crippen LogP contribution in [-0.2, 0) is 10.8 Å². The van der Waals surface area contributed by atoms with Gasteiger partial charge in [0.1, 0.15) is 5.75 Å². The van der Waals surface area contributed by atoms with Gasteiger partial charge in [0.25, 0.3) is 0 Å². The Morgan fingerprint density at radius 2 is 1.52 bits per heavy atom. The van der Waals surface area contributed by atoms with Gasteiger partial charge in [-0.15, -0.1) is 0 Å². The second-order valence-electron chi connectivity index (χ2n) is 6.83. The molecule has 2 aromatic rings. The van der Waals surface area contributed by atoms with E-state index in [2.05, 4.69) is 20.8 Å². The first-order chi connectivity index (χ1) is 9.74. The molecule has 3 heteroatoms. The number of rotatable bonds is 1. The molecule has 0 aliphatic heterocycles. The van der Waals surface area contributed by atoms with Crippen molar-refractivity contribution in [2.45, 2.75) is 38.0 Å². The van der Waals surface area contributed by atoms with Gasteiger partial charge >= 0.3 is 0 Å². The van der Waals surface area contributed by atoms with Crippen molar-refractivity contribution in [1.82, 2.24) is 0 Å². The highest BCUT2D eigenvalue weighted by atomic mass is 16.3. The molecule has 110 valence electrons. The van der Waals surface area contributed by atoms with Gasteiger partial charge in [-0.2, -0.15) is 0 Å². The minimum Gasteiger partial charge on any atom is -0.508 e. The summed E-state index contributed by atoms with van der Waals surface area (Å²) in [5, 5.41) is 29.2. The van der Waals surface area contributed by atoms with Gasteiger partial charge in [-0.05, 0) is 52.8 Å². The average Bonchev–Trinajstić information content (AvgIpc) is 2.60. The molecule has 1 aliphatic rings. The zero-order valence-corrected chi connectivity index (χ0v) is 12.5. The molecule has 3 nitrogen and oxygen atoms in total. The largest absolute Gasteiger partial charge is 0.508 e. The van der Waals surface area contributed by atoms with Crippen LogP contribution in [0, 0.1) is 0 Å². The quantitative estimate of drug-likeness (QED) is 0.698. The second kappa shape index (κ2) is 4.17. The molecule has 3 rings (SSSR count). The number of aromatic hydroxyl groups is 3. The summed E-state index contributed by atoms with van der Waals surface area (Å²) in [6.45, 7) is 6.49. The zero-order chi connectivity index (χ0) is 15.4. The molecular formula is C18H20O3. The normalized spacial score (nSPS) is 23.0. The third kappa shape index (κ3) is 1.96. The summed E-state index contributed by atoms with van der Waals surface area (Å²) >= 11 is 0. The van der Waals surface area contributed by atoms with Crippen molar-refractivity contribution in [3.8, 4) is 17.2 Å². The van der Waals surface area contributed by atoms with Crippen molar-refractivity contribution in [3.05, 3.63) is 53.1 Å².